The first-order valence-corrected chi connectivity index (χ1v) is 4.45. The number of nitrogens with two attached hydrogens (primary N) is 1. The van der Waals surface area contributed by atoms with Gasteiger partial charge in [-0.2, -0.15) is 0 Å². The molecule has 1 atom stereocenters. The Balaban J connectivity index is 3.56. The minimum absolute atomic E-state index is 0.0820. The SMILES string of the molecule is CC(C)[C@H](N)C(=O)OCCCC=O. The van der Waals surface area contributed by atoms with Crippen molar-refractivity contribution in [2.45, 2.75) is 32.7 Å². The van der Waals surface area contributed by atoms with E-state index in [9.17, 15) is 9.59 Å². The number of unbranched alkanes of at least 4 members (excludes halogenated alkanes) is 1. The molecule has 0 unspecified atom stereocenters. The van der Waals surface area contributed by atoms with Crippen LogP contribution >= 0.6 is 0 Å². The van der Waals surface area contributed by atoms with Crippen molar-refractivity contribution in [3.63, 3.8) is 0 Å². The van der Waals surface area contributed by atoms with Crippen LogP contribution in [0, 0.1) is 5.92 Å². The smallest absolute Gasteiger partial charge is 0.323 e. The van der Waals surface area contributed by atoms with Gasteiger partial charge in [0.1, 0.15) is 12.3 Å². The van der Waals surface area contributed by atoms with Crippen molar-refractivity contribution in [3.05, 3.63) is 0 Å². The van der Waals surface area contributed by atoms with Gasteiger partial charge < -0.3 is 15.3 Å². The topological polar surface area (TPSA) is 69.4 Å². The van der Waals surface area contributed by atoms with Crippen LogP contribution in [0.1, 0.15) is 26.7 Å². The van der Waals surface area contributed by atoms with Gasteiger partial charge in [-0.1, -0.05) is 13.8 Å². The maximum absolute atomic E-state index is 11.1. The van der Waals surface area contributed by atoms with E-state index in [1.165, 1.54) is 0 Å². The Hall–Kier alpha value is -0.900. The van der Waals surface area contributed by atoms with E-state index in [4.69, 9.17) is 10.5 Å². The number of esters is 1. The van der Waals surface area contributed by atoms with Gasteiger partial charge in [0.25, 0.3) is 0 Å². The maximum atomic E-state index is 11.1. The summed E-state index contributed by atoms with van der Waals surface area (Å²) in [7, 11) is 0. The minimum Gasteiger partial charge on any atom is -0.465 e. The highest BCUT2D eigenvalue weighted by molar-refractivity contribution is 5.75. The molecule has 0 aromatic carbocycles. The first kappa shape index (κ1) is 12.1. The molecule has 0 aromatic rings. The third-order valence-electron chi connectivity index (χ3n) is 1.70. The van der Waals surface area contributed by atoms with Crippen molar-refractivity contribution in [2.24, 2.45) is 11.7 Å². The van der Waals surface area contributed by atoms with Crippen molar-refractivity contribution in [2.75, 3.05) is 6.61 Å². The van der Waals surface area contributed by atoms with Crippen LogP contribution in [0.5, 0.6) is 0 Å². The van der Waals surface area contributed by atoms with E-state index >= 15 is 0 Å². The third kappa shape index (κ3) is 5.36. The lowest BCUT2D eigenvalue weighted by Crippen LogP contribution is -2.37. The van der Waals surface area contributed by atoms with Gasteiger partial charge in [-0.3, -0.25) is 4.79 Å². The predicted octanol–water partition coefficient (Wildman–Crippen LogP) is 0.492. The Morgan fingerprint density at radius 2 is 2.15 bits per heavy atom. The molecule has 0 radical (unpaired) electrons. The zero-order chi connectivity index (χ0) is 10.3. The van der Waals surface area contributed by atoms with Crippen LogP contribution in [-0.4, -0.2) is 24.9 Å². The molecule has 13 heavy (non-hydrogen) atoms. The highest BCUT2D eigenvalue weighted by Crippen LogP contribution is 2.00. The molecule has 0 spiro atoms. The predicted molar refractivity (Wildman–Crippen MR) is 49.1 cm³/mol. The summed E-state index contributed by atoms with van der Waals surface area (Å²) in [4.78, 5) is 21.0. The summed E-state index contributed by atoms with van der Waals surface area (Å²) in [6.45, 7) is 3.99. The fourth-order valence-electron chi connectivity index (χ4n) is 0.708. The second-order valence-corrected chi connectivity index (χ2v) is 3.25. The van der Waals surface area contributed by atoms with E-state index in [1.54, 1.807) is 0 Å². The first-order valence-electron chi connectivity index (χ1n) is 4.45. The van der Waals surface area contributed by atoms with Crippen molar-refractivity contribution in [1.82, 2.24) is 0 Å². The van der Waals surface area contributed by atoms with Crippen LogP contribution in [0.4, 0.5) is 0 Å². The summed E-state index contributed by atoms with van der Waals surface area (Å²) in [6.07, 6.45) is 1.79. The molecule has 0 fully saturated rings. The molecular formula is C9H17NO3. The minimum atomic E-state index is -0.559. The molecule has 0 aliphatic carbocycles. The molecule has 0 bridgehead atoms. The van der Waals surface area contributed by atoms with E-state index in [0.29, 0.717) is 12.8 Å². The summed E-state index contributed by atoms with van der Waals surface area (Å²) >= 11 is 0. The molecule has 4 nitrogen and oxygen atoms in total. The third-order valence-corrected chi connectivity index (χ3v) is 1.70. The van der Waals surface area contributed by atoms with Crippen LogP contribution in [-0.2, 0) is 14.3 Å². The lowest BCUT2D eigenvalue weighted by molar-refractivity contribution is -0.146. The fraction of sp³-hybridized carbons (Fsp3) is 0.778. The van der Waals surface area contributed by atoms with E-state index in [1.807, 2.05) is 13.8 Å². The normalized spacial score (nSPS) is 12.6. The van der Waals surface area contributed by atoms with Crippen molar-refractivity contribution >= 4 is 12.3 Å². The number of hydrogen-bond acceptors (Lipinski definition) is 4. The largest absolute Gasteiger partial charge is 0.465 e. The Kier molecular flexibility index (Phi) is 6.14. The quantitative estimate of drug-likeness (QED) is 0.373. The molecule has 0 rings (SSSR count). The number of hydrogen-bond donors (Lipinski definition) is 1. The molecule has 0 amide bonds. The van der Waals surface area contributed by atoms with Gasteiger partial charge in [-0.15, -0.1) is 0 Å². The van der Waals surface area contributed by atoms with Gasteiger partial charge in [-0.25, -0.2) is 0 Å². The first-order chi connectivity index (χ1) is 6.09. The standard InChI is InChI=1S/C9H17NO3/c1-7(2)8(10)9(12)13-6-4-3-5-11/h5,7-8H,3-4,6,10H2,1-2H3/t8-/m0/s1. The van der Waals surface area contributed by atoms with Crippen LogP contribution in [0.3, 0.4) is 0 Å². The van der Waals surface area contributed by atoms with Crippen molar-refractivity contribution < 1.29 is 14.3 Å². The zero-order valence-electron chi connectivity index (χ0n) is 8.16. The molecule has 2 N–H and O–H groups in total. The van der Waals surface area contributed by atoms with Crippen LogP contribution in [0.15, 0.2) is 0 Å². The van der Waals surface area contributed by atoms with E-state index in [-0.39, 0.29) is 18.5 Å². The lowest BCUT2D eigenvalue weighted by atomic mass is 10.1. The fourth-order valence-corrected chi connectivity index (χ4v) is 0.708. The summed E-state index contributed by atoms with van der Waals surface area (Å²) in [5.74, 6) is -0.306. The van der Waals surface area contributed by atoms with Crippen molar-refractivity contribution in [3.8, 4) is 0 Å². The maximum Gasteiger partial charge on any atom is 0.323 e. The molecule has 76 valence electrons. The lowest BCUT2D eigenvalue weighted by Gasteiger charge is -2.13. The number of carbonyl (C=O) groups excluding carboxylic acids is 2. The Morgan fingerprint density at radius 3 is 2.62 bits per heavy atom. The van der Waals surface area contributed by atoms with Crippen molar-refractivity contribution in [1.29, 1.82) is 0 Å². The summed E-state index contributed by atoms with van der Waals surface area (Å²) in [5, 5.41) is 0. The van der Waals surface area contributed by atoms with Gasteiger partial charge in [0.2, 0.25) is 0 Å². The monoisotopic (exact) mass is 187 g/mol. The molecule has 4 heteroatoms. The summed E-state index contributed by atoms with van der Waals surface area (Å²) in [5.41, 5.74) is 5.53. The molecule has 0 saturated heterocycles. The average molecular weight is 187 g/mol. The van der Waals surface area contributed by atoms with E-state index < -0.39 is 6.04 Å². The molecule has 0 aromatic heterocycles. The molecular weight excluding hydrogens is 170 g/mol. The second kappa shape index (κ2) is 6.60. The Labute approximate surface area is 78.4 Å². The average Bonchev–Trinajstić information content (AvgIpc) is 2.10. The Bertz CT molecular complexity index is 168. The molecule has 0 aliphatic rings. The number of rotatable bonds is 6. The second-order valence-electron chi connectivity index (χ2n) is 3.25. The number of aldehydes is 1. The van der Waals surface area contributed by atoms with Crippen LogP contribution in [0.2, 0.25) is 0 Å². The van der Waals surface area contributed by atoms with Gasteiger partial charge in [0, 0.05) is 6.42 Å². The highest BCUT2D eigenvalue weighted by atomic mass is 16.5. The molecule has 0 aliphatic heterocycles. The molecule has 0 saturated carbocycles. The van der Waals surface area contributed by atoms with Gasteiger partial charge in [-0.05, 0) is 12.3 Å². The van der Waals surface area contributed by atoms with Gasteiger partial charge in [0.15, 0.2) is 0 Å². The summed E-state index contributed by atoms with van der Waals surface area (Å²) in [6, 6.07) is -0.559. The summed E-state index contributed by atoms with van der Waals surface area (Å²) < 4.78 is 4.84. The van der Waals surface area contributed by atoms with Crippen LogP contribution in [0.25, 0.3) is 0 Å². The number of ether oxygens (including phenoxy) is 1. The van der Waals surface area contributed by atoms with Gasteiger partial charge in [0.05, 0.1) is 6.61 Å². The van der Waals surface area contributed by atoms with E-state index in [2.05, 4.69) is 0 Å². The van der Waals surface area contributed by atoms with Gasteiger partial charge >= 0.3 is 5.97 Å². The molecule has 0 heterocycles. The highest BCUT2D eigenvalue weighted by Gasteiger charge is 2.17. The van der Waals surface area contributed by atoms with Crippen LogP contribution < -0.4 is 5.73 Å². The number of carbonyl (C=O) groups is 2. The zero-order valence-corrected chi connectivity index (χ0v) is 8.16. The van der Waals surface area contributed by atoms with E-state index in [0.717, 1.165) is 6.29 Å². The Morgan fingerprint density at radius 1 is 1.54 bits per heavy atom.